The molecule has 4 N–H and O–H groups in total. The number of carbonyl (C=O) groups excluding carboxylic acids is 4. The summed E-state index contributed by atoms with van der Waals surface area (Å²) in [4.78, 5) is 75.9. The highest BCUT2D eigenvalue weighted by atomic mass is 35.5. The zero-order valence-corrected chi connectivity index (χ0v) is 53.0. The Hall–Kier alpha value is -10.1. The maximum Gasteiger partial charge on any atom is 0.488 e. The van der Waals surface area contributed by atoms with Gasteiger partial charge < -0.3 is 48.3 Å². The number of hydrogen-bond acceptors (Lipinski definition) is 23. The summed E-state index contributed by atoms with van der Waals surface area (Å²) in [5.74, 6) is -0.228. The van der Waals surface area contributed by atoms with Gasteiger partial charge in [0.1, 0.15) is 28.2 Å². The standard InChI is InChI=1S/C24H27FN4O5.C19H24ClN3O5.C14H11FN4O.C5H5BFNO2.CH4.H2/c1-23(2,3)32-21(30)29(22(31)33-24(4,5)6)20-17(8-7-10-27-20)18-14-16(28-34-18)12-15-9-11-26-19(25)13-15;1-18(2,3)26-16(24)23(17(25)27-19(4,5)6)15-13(8-7-9-21-15)14-10-12(11-20)22-28-14;15-13-7-9(3-5-17-13)6-10-8-12(20-19-10)11-2-1-4-18-14(11)16;7-5-3-4(6(9)10)1-2-8-5;;/h7-11,13-14H,12H2,1-6H3;7-10H,11H2,1-6H3;1-5,7-8H,6H2,(H2,16,18);1-3,9-10H;1H4;1H. The molecule has 0 radical (unpaired) electrons. The normalized spacial score (nSPS) is 11.2. The molecule has 0 saturated heterocycles. The van der Waals surface area contributed by atoms with Crippen LogP contribution in [0.3, 0.4) is 0 Å². The van der Waals surface area contributed by atoms with Gasteiger partial charge in [0.25, 0.3) is 0 Å². The Bertz CT molecular complexity index is 3910. The number of aromatic nitrogens is 9. The summed E-state index contributed by atoms with van der Waals surface area (Å²) in [7, 11) is -1.63. The molecule has 0 saturated carbocycles. The van der Waals surface area contributed by atoms with Crippen LogP contribution in [0.2, 0.25) is 0 Å². The third kappa shape index (κ3) is 23.3. The summed E-state index contributed by atoms with van der Waals surface area (Å²) in [6.07, 6.45) is 5.45. The smallest absolute Gasteiger partial charge is 0.443 e. The second-order valence-electron chi connectivity index (χ2n) is 23.6. The van der Waals surface area contributed by atoms with Crippen LogP contribution < -0.4 is 21.0 Å². The minimum atomic E-state index is -1.63. The van der Waals surface area contributed by atoms with Crippen molar-refractivity contribution in [1.29, 1.82) is 0 Å². The maximum atomic E-state index is 13.4. The third-order valence-electron chi connectivity index (χ3n) is 11.2. The molecule has 0 unspecified atom stereocenters. The fraction of sp³-hybridized carbons (Fsp3) is 0.317. The first-order chi connectivity index (χ1) is 43.1. The summed E-state index contributed by atoms with van der Waals surface area (Å²) in [5.41, 5.74) is 6.99. The Balaban J connectivity index is 0.000000282. The minimum Gasteiger partial charge on any atom is -0.443 e. The summed E-state index contributed by atoms with van der Waals surface area (Å²) in [6.45, 7) is 20.3. The number of halogens is 4. The number of carbonyl (C=O) groups is 4. The summed E-state index contributed by atoms with van der Waals surface area (Å²) in [6, 6.07) is 23.5. The van der Waals surface area contributed by atoms with Gasteiger partial charge in [0.2, 0.25) is 17.8 Å². The molecular weight excluding hydrogens is 1240 g/mol. The number of anilines is 3. The molecule has 0 spiro atoms. The van der Waals surface area contributed by atoms with E-state index in [1.54, 1.807) is 156 Å². The van der Waals surface area contributed by atoms with Crippen molar-refractivity contribution in [2.75, 3.05) is 15.5 Å². The molecule has 9 aromatic heterocycles. The first kappa shape index (κ1) is 73.6. The van der Waals surface area contributed by atoms with E-state index >= 15 is 0 Å². The van der Waals surface area contributed by atoms with Crippen LogP contribution in [0.5, 0.6) is 0 Å². The second kappa shape index (κ2) is 32.2. The molecule has 494 valence electrons. The number of nitrogen functional groups attached to an aromatic ring is 1. The molecule has 4 amide bonds. The van der Waals surface area contributed by atoms with Gasteiger partial charge in [-0.25, -0.2) is 49.1 Å². The van der Waals surface area contributed by atoms with Crippen LogP contribution in [0.25, 0.3) is 34.0 Å². The van der Waals surface area contributed by atoms with Crippen LogP contribution in [0.15, 0.2) is 142 Å². The Kier molecular flexibility index (Phi) is 25.5. The summed E-state index contributed by atoms with van der Waals surface area (Å²) in [5, 5.41) is 28.8. The number of nitrogens with zero attached hydrogens (tertiary/aromatic N) is 11. The van der Waals surface area contributed by atoms with E-state index in [2.05, 4.69) is 45.4 Å². The average molecular weight is 1310 g/mol. The monoisotopic (exact) mass is 1310 g/mol. The van der Waals surface area contributed by atoms with Crippen molar-refractivity contribution in [2.45, 2.75) is 132 Å². The van der Waals surface area contributed by atoms with Crippen molar-refractivity contribution in [1.82, 2.24) is 45.4 Å². The number of nitrogens with two attached hydrogens (primary N) is 1. The van der Waals surface area contributed by atoms with Crippen molar-refractivity contribution in [3.63, 3.8) is 0 Å². The first-order valence-corrected chi connectivity index (χ1v) is 28.4. The highest BCUT2D eigenvalue weighted by Gasteiger charge is 2.38. The SMILES string of the molecule is C.CC(C)(C)OC(=O)N(C(=O)OC(C)(C)C)c1ncccc1-c1cc(CCl)no1.CC(C)(C)OC(=O)N(C(=O)OC(C)(C)C)c1ncccc1-c1cc(Cc2ccnc(F)c2)no1.Nc1ncccc1-c1cc(Cc2ccnc(F)c2)no1.OB(O)c1ccnc(F)c1.[HH]. The van der Waals surface area contributed by atoms with E-state index in [0.29, 0.717) is 69.5 Å². The van der Waals surface area contributed by atoms with Crippen molar-refractivity contribution >= 4 is 66.0 Å². The van der Waals surface area contributed by atoms with Gasteiger partial charge in [0.05, 0.1) is 39.7 Å². The van der Waals surface area contributed by atoms with Gasteiger partial charge in [-0.1, -0.05) is 22.9 Å². The highest BCUT2D eigenvalue weighted by molar-refractivity contribution is 6.58. The molecule has 0 bridgehead atoms. The van der Waals surface area contributed by atoms with Crippen molar-refractivity contribution in [3.8, 4) is 34.0 Å². The van der Waals surface area contributed by atoms with E-state index in [4.69, 9.17) is 59.9 Å². The van der Waals surface area contributed by atoms with Gasteiger partial charge in [0.15, 0.2) is 28.9 Å². The lowest BCUT2D eigenvalue weighted by molar-refractivity contribution is 0.0407. The molecule has 0 aromatic carbocycles. The molecule has 9 rings (SSSR count). The quantitative estimate of drug-likeness (QED) is 0.0469. The Morgan fingerprint density at radius 1 is 0.495 bits per heavy atom. The van der Waals surface area contributed by atoms with E-state index < -0.39 is 71.7 Å². The van der Waals surface area contributed by atoms with E-state index in [-0.39, 0.29) is 37.6 Å². The van der Waals surface area contributed by atoms with Crippen molar-refractivity contribution < 1.29 is 76.3 Å². The highest BCUT2D eigenvalue weighted by Crippen LogP contribution is 2.34. The number of imide groups is 2. The molecule has 0 aliphatic heterocycles. The van der Waals surface area contributed by atoms with E-state index in [0.717, 1.165) is 21.4 Å². The predicted octanol–water partition coefficient (Wildman–Crippen LogP) is 12.9. The lowest BCUT2D eigenvalue weighted by Gasteiger charge is -2.28. The second-order valence-corrected chi connectivity index (χ2v) is 23.8. The first-order valence-electron chi connectivity index (χ1n) is 27.9. The number of hydrogen-bond donors (Lipinski definition) is 3. The van der Waals surface area contributed by atoms with Gasteiger partial charge in [-0.05, 0) is 172 Å². The Morgan fingerprint density at radius 2 is 0.828 bits per heavy atom. The van der Waals surface area contributed by atoms with E-state index in [1.165, 1.54) is 49.2 Å². The van der Waals surface area contributed by atoms with Gasteiger partial charge in [-0.2, -0.15) is 23.0 Å². The largest absolute Gasteiger partial charge is 0.488 e. The Labute approximate surface area is 541 Å². The molecule has 0 fully saturated rings. The van der Waals surface area contributed by atoms with Gasteiger partial charge in [0, 0.05) is 69.6 Å². The lowest BCUT2D eigenvalue weighted by Crippen LogP contribution is -2.44. The number of alkyl halides is 1. The summed E-state index contributed by atoms with van der Waals surface area (Å²) >= 11 is 5.78. The molecule has 9 aromatic rings. The number of pyridine rings is 6. The van der Waals surface area contributed by atoms with E-state index in [9.17, 15) is 32.3 Å². The van der Waals surface area contributed by atoms with Crippen LogP contribution in [0.1, 0.15) is 120 Å². The average Bonchev–Trinajstić information content (AvgIpc) is 1.69. The number of ether oxygens (including phenoxy) is 4. The van der Waals surface area contributed by atoms with Crippen molar-refractivity contribution in [2.24, 2.45) is 0 Å². The molecule has 0 aliphatic rings. The molecule has 30 heteroatoms. The minimum absolute atomic E-state index is 0. The lowest BCUT2D eigenvalue weighted by atomic mass is 9.81. The predicted molar refractivity (Wildman–Crippen MR) is 340 cm³/mol. The number of rotatable bonds is 11. The van der Waals surface area contributed by atoms with Gasteiger partial charge >= 0.3 is 31.5 Å². The Morgan fingerprint density at radius 3 is 1.15 bits per heavy atom. The van der Waals surface area contributed by atoms with Crippen LogP contribution in [0, 0.1) is 17.8 Å². The van der Waals surface area contributed by atoms with Gasteiger partial charge in [-0.3, -0.25) is 0 Å². The van der Waals surface area contributed by atoms with E-state index in [1.807, 2.05) is 0 Å². The zero-order chi connectivity index (χ0) is 67.7. The van der Waals surface area contributed by atoms with Crippen LogP contribution in [-0.4, -0.2) is 109 Å². The van der Waals surface area contributed by atoms with Crippen LogP contribution in [0.4, 0.5) is 49.8 Å². The number of amides is 4. The third-order valence-corrected chi connectivity index (χ3v) is 11.4. The summed E-state index contributed by atoms with van der Waals surface area (Å²) < 4.78 is 76.3. The van der Waals surface area contributed by atoms with Crippen molar-refractivity contribution in [3.05, 3.63) is 174 Å². The molecule has 93 heavy (non-hydrogen) atoms. The molecule has 0 aliphatic carbocycles. The fourth-order valence-electron chi connectivity index (χ4n) is 7.53. The molecule has 25 nitrogen and oxygen atoms in total. The molecule has 0 atom stereocenters. The molecule has 9 heterocycles. The fourth-order valence-corrected chi connectivity index (χ4v) is 7.66. The van der Waals surface area contributed by atoms with Crippen LogP contribution in [-0.2, 0) is 37.7 Å². The molecular formula is C63H73BClF3N12O13. The topological polar surface area (TPSA) is 334 Å². The van der Waals surface area contributed by atoms with Gasteiger partial charge in [-0.15, -0.1) is 11.6 Å². The van der Waals surface area contributed by atoms with Crippen LogP contribution >= 0.6 is 11.6 Å². The maximum absolute atomic E-state index is 13.4. The zero-order valence-electron chi connectivity index (χ0n) is 52.2.